The summed E-state index contributed by atoms with van der Waals surface area (Å²) >= 11 is 0. The van der Waals surface area contributed by atoms with E-state index in [1.165, 1.54) is 18.9 Å². The van der Waals surface area contributed by atoms with Gasteiger partial charge in [-0.25, -0.2) is 0 Å². The summed E-state index contributed by atoms with van der Waals surface area (Å²) in [5, 5.41) is 3.39. The number of nitrogens with one attached hydrogen (secondary N) is 1. The van der Waals surface area contributed by atoms with Gasteiger partial charge in [0.15, 0.2) is 0 Å². The average molecular weight is 168 g/mol. The van der Waals surface area contributed by atoms with Crippen LogP contribution in [-0.4, -0.2) is 17.5 Å². The molecule has 0 heterocycles. The monoisotopic (exact) mass is 168 g/mol. The molecule has 1 aliphatic rings. The maximum absolute atomic E-state index is 10.5. The Kier molecular flexibility index (Phi) is 2.52. The molecule has 1 amide bonds. The second-order valence-corrected chi connectivity index (χ2v) is 3.88. The number of rotatable bonds is 4. The lowest BCUT2D eigenvalue weighted by Crippen LogP contribution is -2.39. The van der Waals surface area contributed by atoms with Crippen molar-refractivity contribution < 1.29 is 4.79 Å². The van der Waals surface area contributed by atoms with Crippen LogP contribution in [0.3, 0.4) is 0 Å². The van der Waals surface area contributed by atoms with Gasteiger partial charge >= 0.3 is 0 Å². The zero-order valence-corrected chi connectivity index (χ0v) is 7.63. The molecule has 1 rings (SSSR count). The molecule has 0 aliphatic heterocycles. The number of nitrogens with two attached hydrogens (primary N) is 1. The first-order valence-corrected chi connectivity index (χ1v) is 4.26. The van der Waals surface area contributed by atoms with E-state index in [4.69, 9.17) is 5.73 Å². The van der Waals surface area contributed by atoms with Crippen LogP contribution in [0, 0.1) is 0 Å². The molecule has 0 unspecified atom stereocenters. The van der Waals surface area contributed by atoms with Crippen LogP contribution in [0.1, 0.15) is 26.7 Å². The molecule has 0 atom stereocenters. The Hall–Kier alpha value is -0.830. The van der Waals surface area contributed by atoms with Gasteiger partial charge in [-0.2, -0.15) is 0 Å². The Morgan fingerprint density at radius 1 is 1.58 bits per heavy atom. The predicted molar refractivity (Wildman–Crippen MR) is 48.6 cm³/mol. The number of carbonyl (C=O) groups excluding carboxylic acids is 1. The van der Waals surface area contributed by atoms with Crippen LogP contribution in [0.15, 0.2) is 12.2 Å². The van der Waals surface area contributed by atoms with Gasteiger partial charge in [0, 0.05) is 17.7 Å². The average Bonchev–Trinajstić information content (AvgIpc) is 2.67. The van der Waals surface area contributed by atoms with Crippen LogP contribution >= 0.6 is 0 Å². The minimum absolute atomic E-state index is 0.115. The van der Waals surface area contributed by atoms with Crippen LogP contribution in [0.4, 0.5) is 0 Å². The molecule has 0 bridgehead atoms. The van der Waals surface area contributed by atoms with Gasteiger partial charge in [0.05, 0.1) is 0 Å². The number of primary amides is 1. The first-order valence-electron chi connectivity index (χ1n) is 4.26. The van der Waals surface area contributed by atoms with Crippen LogP contribution in [-0.2, 0) is 4.79 Å². The predicted octanol–water partition coefficient (Wildman–Crippen LogP) is 0.558. The number of carbonyl (C=O) groups is 1. The third kappa shape index (κ3) is 3.53. The summed E-state index contributed by atoms with van der Waals surface area (Å²) < 4.78 is 0. The Morgan fingerprint density at radius 2 is 2.17 bits per heavy atom. The fraction of sp³-hybridized carbons (Fsp3) is 0.667. The highest BCUT2D eigenvalue weighted by atomic mass is 16.1. The number of amides is 1. The maximum Gasteiger partial charge on any atom is 0.241 e. The van der Waals surface area contributed by atoms with E-state index >= 15 is 0 Å². The number of hydrogen-bond donors (Lipinski definition) is 2. The van der Waals surface area contributed by atoms with Crippen LogP contribution in [0.2, 0.25) is 0 Å². The van der Waals surface area contributed by atoms with E-state index in [1.807, 2.05) is 19.9 Å². The molecular formula is C9H16N2O. The van der Waals surface area contributed by atoms with Gasteiger partial charge in [-0.05, 0) is 26.7 Å². The molecule has 1 fully saturated rings. The molecular weight excluding hydrogens is 152 g/mol. The second kappa shape index (κ2) is 3.27. The molecule has 0 saturated heterocycles. The normalized spacial score (nSPS) is 18.5. The van der Waals surface area contributed by atoms with E-state index in [9.17, 15) is 4.79 Å². The van der Waals surface area contributed by atoms with Gasteiger partial charge < -0.3 is 11.1 Å². The van der Waals surface area contributed by atoms with Crippen LogP contribution in [0.5, 0.6) is 0 Å². The molecule has 3 heteroatoms. The summed E-state index contributed by atoms with van der Waals surface area (Å²) in [4.78, 5) is 10.5. The highest BCUT2D eigenvalue weighted by Crippen LogP contribution is 2.22. The Bertz CT molecular complexity index is 205. The zero-order chi connectivity index (χ0) is 9.19. The summed E-state index contributed by atoms with van der Waals surface area (Å²) in [5.41, 5.74) is 4.88. The van der Waals surface area contributed by atoms with Crippen molar-refractivity contribution in [2.45, 2.75) is 38.3 Å². The van der Waals surface area contributed by atoms with E-state index in [1.54, 1.807) is 0 Å². The largest absolute Gasteiger partial charge is 0.366 e. The van der Waals surface area contributed by atoms with Crippen molar-refractivity contribution >= 4 is 5.91 Å². The first-order chi connectivity index (χ1) is 5.49. The second-order valence-electron chi connectivity index (χ2n) is 3.88. The van der Waals surface area contributed by atoms with E-state index in [0.717, 1.165) is 0 Å². The minimum atomic E-state index is -0.388. The van der Waals surface area contributed by atoms with E-state index < -0.39 is 0 Å². The lowest BCUT2D eigenvalue weighted by molar-refractivity contribution is -0.113. The SMILES string of the molecule is CC(C)(/C=C/C(N)=O)NC1CC1. The lowest BCUT2D eigenvalue weighted by Gasteiger charge is -2.21. The van der Waals surface area contributed by atoms with Crippen LogP contribution < -0.4 is 11.1 Å². The van der Waals surface area contributed by atoms with Crippen LogP contribution in [0.25, 0.3) is 0 Å². The van der Waals surface area contributed by atoms with Crippen molar-refractivity contribution in [3.8, 4) is 0 Å². The van der Waals surface area contributed by atoms with Crippen molar-refractivity contribution in [3.05, 3.63) is 12.2 Å². The Labute approximate surface area is 73.0 Å². The molecule has 0 aromatic rings. The fourth-order valence-corrected chi connectivity index (χ4v) is 1.09. The van der Waals surface area contributed by atoms with Crippen molar-refractivity contribution in [1.29, 1.82) is 0 Å². The summed E-state index contributed by atoms with van der Waals surface area (Å²) in [7, 11) is 0. The quantitative estimate of drug-likeness (QED) is 0.603. The van der Waals surface area contributed by atoms with E-state index in [-0.39, 0.29) is 11.4 Å². The molecule has 3 N–H and O–H groups in total. The molecule has 12 heavy (non-hydrogen) atoms. The fourth-order valence-electron chi connectivity index (χ4n) is 1.09. The molecule has 3 nitrogen and oxygen atoms in total. The third-order valence-corrected chi connectivity index (χ3v) is 1.82. The van der Waals surface area contributed by atoms with Gasteiger partial charge in [-0.1, -0.05) is 6.08 Å². The summed E-state index contributed by atoms with van der Waals surface area (Å²) in [6.07, 6.45) is 5.71. The highest BCUT2D eigenvalue weighted by Gasteiger charge is 2.27. The van der Waals surface area contributed by atoms with E-state index in [2.05, 4.69) is 5.32 Å². The lowest BCUT2D eigenvalue weighted by atomic mass is 10.1. The molecule has 0 radical (unpaired) electrons. The van der Waals surface area contributed by atoms with Gasteiger partial charge in [0.2, 0.25) is 5.91 Å². The van der Waals surface area contributed by atoms with Crippen molar-refractivity contribution in [2.75, 3.05) is 0 Å². The Balaban J connectivity index is 2.39. The van der Waals surface area contributed by atoms with Gasteiger partial charge in [-0.15, -0.1) is 0 Å². The molecule has 0 aromatic carbocycles. The van der Waals surface area contributed by atoms with Crippen molar-refractivity contribution in [2.24, 2.45) is 5.73 Å². The summed E-state index contributed by atoms with van der Waals surface area (Å²) in [5.74, 6) is -0.388. The molecule has 0 aromatic heterocycles. The van der Waals surface area contributed by atoms with Crippen molar-refractivity contribution in [3.63, 3.8) is 0 Å². The topological polar surface area (TPSA) is 55.1 Å². The maximum atomic E-state index is 10.5. The number of hydrogen-bond acceptors (Lipinski definition) is 2. The zero-order valence-electron chi connectivity index (χ0n) is 7.63. The Morgan fingerprint density at radius 3 is 2.58 bits per heavy atom. The summed E-state index contributed by atoms with van der Waals surface area (Å²) in [6.45, 7) is 4.07. The minimum Gasteiger partial charge on any atom is -0.366 e. The van der Waals surface area contributed by atoms with E-state index in [0.29, 0.717) is 6.04 Å². The first kappa shape index (κ1) is 9.26. The molecule has 1 saturated carbocycles. The van der Waals surface area contributed by atoms with Gasteiger partial charge in [0.25, 0.3) is 0 Å². The van der Waals surface area contributed by atoms with Gasteiger partial charge in [-0.3, -0.25) is 4.79 Å². The smallest absolute Gasteiger partial charge is 0.241 e. The van der Waals surface area contributed by atoms with Crippen molar-refractivity contribution in [1.82, 2.24) is 5.32 Å². The summed E-state index contributed by atoms with van der Waals surface area (Å²) in [6, 6.07) is 0.637. The molecule has 1 aliphatic carbocycles. The standard InChI is InChI=1S/C9H16N2O/c1-9(2,6-5-8(10)12)11-7-3-4-7/h5-7,11H,3-4H2,1-2H3,(H2,10,12)/b6-5+. The highest BCUT2D eigenvalue weighted by molar-refractivity contribution is 5.85. The van der Waals surface area contributed by atoms with Gasteiger partial charge in [0.1, 0.15) is 0 Å². The molecule has 0 spiro atoms. The third-order valence-electron chi connectivity index (χ3n) is 1.82. The molecule has 68 valence electrons.